The summed E-state index contributed by atoms with van der Waals surface area (Å²) in [4.78, 5) is 5.90. The third-order valence-corrected chi connectivity index (χ3v) is 6.06. The van der Waals surface area contributed by atoms with Gasteiger partial charge in [-0.25, -0.2) is 4.39 Å². The lowest BCUT2D eigenvalue weighted by Gasteiger charge is -2.35. The monoisotopic (exact) mass is 380 g/mol. The van der Waals surface area contributed by atoms with Crippen molar-refractivity contribution in [3.8, 4) is 5.75 Å². The van der Waals surface area contributed by atoms with Crippen LogP contribution in [0.15, 0.2) is 42.6 Å². The molecule has 1 unspecified atom stereocenters. The van der Waals surface area contributed by atoms with Gasteiger partial charge in [0, 0.05) is 29.7 Å². The van der Waals surface area contributed by atoms with Crippen LogP contribution in [0.5, 0.6) is 5.75 Å². The van der Waals surface area contributed by atoms with Crippen molar-refractivity contribution in [2.24, 2.45) is 0 Å². The van der Waals surface area contributed by atoms with E-state index in [1.807, 2.05) is 12.3 Å². The predicted molar refractivity (Wildman–Crippen MR) is 113 cm³/mol. The standard InChI is InChI=1S/C24H29FN2O/c1-3-12-27(13-11-18-16-26-23-10-8-19(25)14-21(18)23)20-9-7-17-5-4-6-24(28-2)22(17)15-20/h4-6,8,10,14,16,20,26H,3,7,9,11-13,15H2,1-2H3. The molecular weight excluding hydrogens is 351 g/mol. The van der Waals surface area contributed by atoms with Gasteiger partial charge in [-0.3, -0.25) is 4.90 Å². The lowest BCUT2D eigenvalue weighted by molar-refractivity contribution is 0.180. The second kappa shape index (κ2) is 8.36. The molecule has 1 heterocycles. The maximum Gasteiger partial charge on any atom is 0.123 e. The Morgan fingerprint density at radius 1 is 1.21 bits per heavy atom. The summed E-state index contributed by atoms with van der Waals surface area (Å²) >= 11 is 0. The van der Waals surface area contributed by atoms with Gasteiger partial charge in [0.05, 0.1) is 7.11 Å². The molecule has 4 heteroatoms. The van der Waals surface area contributed by atoms with Gasteiger partial charge in [0.25, 0.3) is 0 Å². The van der Waals surface area contributed by atoms with Crippen LogP contribution in [0.4, 0.5) is 4.39 Å². The van der Waals surface area contributed by atoms with E-state index in [4.69, 9.17) is 4.74 Å². The predicted octanol–water partition coefficient (Wildman–Crippen LogP) is 5.13. The van der Waals surface area contributed by atoms with Gasteiger partial charge in [-0.2, -0.15) is 0 Å². The molecule has 0 fully saturated rings. The number of nitrogens with zero attached hydrogens (tertiary/aromatic N) is 1. The summed E-state index contributed by atoms with van der Waals surface area (Å²) in [5.41, 5.74) is 5.01. The highest BCUT2D eigenvalue weighted by Crippen LogP contribution is 2.32. The van der Waals surface area contributed by atoms with Gasteiger partial charge in [-0.1, -0.05) is 19.1 Å². The summed E-state index contributed by atoms with van der Waals surface area (Å²) < 4.78 is 19.3. The molecule has 1 aliphatic carbocycles. The van der Waals surface area contributed by atoms with Crippen molar-refractivity contribution < 1.29 is 9.13 Å². The van der Waals surface area contributed by atoms with Gasteiger partial charge in [0.15, 0.2) is 0 Å². The molecule has 148 valence electrons. The number of hydrogen-bond acceptors (Lipinski definition) is 2. The fraction of sp³-hybridized carbons (Fsp3) is 0.417. The molecule has 1 N–H and O–H groups in total. The Hall–Kier alpha value is -2.33. The Balaban J connectivity index is 1.50. The first kappa shape index (κ1) is 19.0. The maximum atomic E-state index is 13.7. The van der Waals surface area contributed by atoms with Crippen molar-refractivity contribution in [1.82, 2.24) is 9.88 Å². The Labute approximate surface area is 166 Å². The van der Waals surface area contributed by atoms with Crippen molar-refractivity contribution in [1.29, 1.82) is 0 Å². The van der Waals surface area contributed by atoms with Crippen LogP contribution in [0.25, 0.3) is 10.9 Å². The second-order valence-electron chi connectivity index (χ2n) is 7.78. The van der Waals surface area contributed by atoms with Crippen LogP contribution in [0.3, 0.4) is 0 Å². The highest BCUT2D eigenvalue weighted by Gasteiger charge is 2.26. The lowest BCUT2D eigenvalue weighted by Crippen LogP contribution is -2.41. The molecule has 0 amide bonds. The molecule has 1 aliphatic rings. The molecule has 2 aromatic carbocycles. The van der Waals surface area contributed by atoms with E-state index in [-0.39, 0.29) is 5.82 Å². The van der Waals surface area contributed by atoms with Crippen molar-refractivity contribution >= 4 is 10.9 Å². The molecule has 0 saturated carbocycles. The van der Waals surface area contributed by atoms with E-state index < -0.39 is 0 Å². The zero-order chi connectivity index (χ0) is 19.5. The van der Waals surface area contributed by atoms with Gasteiger partial charge in [-0.15, -0.1) is 0 Å². The number of aromatic amines is 1. The lowest BCUT2D eigenvalue weighted by atomic mass is 9.86. The summed E-state index contributed by atoms with van der Waals surface area (Å²) in [6, 6.07) is 11.9. The number of H-pyrrole nitrogens is 1. The van der Waals surface area contributed by atoms with Crippen LogP contribution in [0.2, 0.25) is 0 Å². The molecule has 1 atom stereocenters. The molecule has 4 rings (SSSR count). The van der Waals surface area contributed by atoms with Gasteiger partial charge in [0.1, 0.15) is 11.6 Å². The highest BCUT2D eigenvalue weighted by molar-refractivity contribution is 5.83. The Kier molecular flexibility index (Phi) is 5.67. The maximum absolute atomic E-state index is 13.7. The van der Waals surface area contributed by atoms with E-state index in [1.54, 1.807) is 13.2 Å². The minimum Gasteiger partial charge on any atom is -0.496 e. The van der Waals surface area contributed by atoms with Crippen LogP contribution in [0, 0.1) is 5.82 Å². The molecular formula is C24H29FN2O. The van der Waals surface area contributed by atoms with Crippen molar-refractivity contribution in [2.45, 2.75) is 45.1 Å². The van der Waals surface area contributed by atoms with E-state index in [2.05, 4.69) is 35.0 Å². The molecule has 0 saturated heterocycles. The van der Waals surface area contributed by atoms with Gasteiger partial charge in [-0.05, 0) is 79.6 Å². The van der Waals surface area contributed by atoms with Crippen LogP contribution >= 0.6 is 0 Å². The number of ether oxygens (including phenoxy) is 1. The molecule has 0 aliphatic heterocycles. The number of aromatic nitrogens is 1. The van der Waals surface area contributed by atoms with Crippen molar-refractivity contribution in [2.75, 3.05) is 20.2 Å². The third kappa shape index (κ3) is 3.79. The number of fused-ring (bicyclic) bond motifs is 2. The van der Waals surface area contributed by atoms with Crippen LogP contribution < -0.4 is 4.74 Å². The smallest absolute Gasteiger partial charge is 0.123 e. The number of methoxy groups -OCH3 is 1. The minimum absolute atomic E-state index is 0.172. The van der Waals surface area contributed by atoms with E-state index in [0.717, 1.165) is 55.4 Å². The SMILES string of the molecule is CCCN(CCc1c[nH]c2ccc(F)cc12)C1CCc2cccc(OC)c2C1. The second-order valence-corrected chi connectivity index (χ2v) is 7.78. The van der Waals surface area contributed by atoms with E-state index >= 15 is 0 Å². The normalized spacial score (nSPS) is 16.5. The molecule has 3 aromatic rings. The summed E-state index contributed by atoms with van der Waals surface area (Å²) in [5.74, 6) is 0.848. The highest BCUT2D eigenvalue weighted by atomic mass is 19.1. The minimum atomic E-state index is -0.172. The molecule has 28 heavy (non-hydrogen) atoms. The Morgan fingerprint density at radius 2 is 2.11 bits per heavy atom. The molecule has 0 bridgehead atoms. The fourth-order valence-corrected chi connectivity index (χ4v) is 4.63. The van der Waals surface area contributed by atoms with E-state index in [1.165, 1.54) is 29.2 Å². The van der Waals surface area contributed by atoms with Crippen LogP contribution in [-0.4, -0.2) is 36.1 Å². The largest absolute Gasteiger partial charge is 0.496 e. The number of hydrogen-bond donors (Lipinski definition) is 1. The first-order valence-electron chi connectivity index (χ1n) is 10.3. The van der Waals surface area contributed by atoms with Crippen molar-refractivity contribution in [3.05, 3.63) is 65.1 Å². The number of aryl methyl sites for hydroxylation is 1. The summed E-state index contributed by atoms with van der Waals surface area (Å²) in [5, 5.41) is 1.01. The quantitative estimate of drug-likeness (QED) is 0.616. The average Bonchev–Trinajstić information content (AvgIpc) is 3.12. The molecule has 0 spiro atoms. The molecule has 1 aromatic heterocycles. The number of halogens is 1. The van der Waals surface area contributed by atoms with Gasteiger partial charge in [0.2, 0.25) is 0 Å². The van der Waals surface area contributed by atoms with E-state index in [9.17, 15) is 4.39 Å². The number of benzene rings is 2. The molecule has 3 nitrogen and oxygen atoms in total. The summed E-state index contributed by atoms with van der Waals surface area (Å²) in [6.07, 6.45) is 7.43. The first-order valence-corrected chi connectivity index (χ1v) is 10.3. The Morgan fingerprint density at radius 3 is 2.93 bits per heavy atom. The van der Waals surface area contributed by atoms with Gasteiger partial charge < -0.3 is 9.72 Å². The fourth-order valence-electron chi connectivity index (χ4n) is 4.63. The van der Waals surface area contributed by atoms with E-state index in [0.29, 0.717) is 6.04 Å². The van der Waals surface area contributed by atoms with Crippen molar-refractivity contribution in [3.63, 3.8) is 0 Å². The Bertz CT molecular complexity index is 935. The molecule has 0 radical (unpaired) electrons. The summed E-state index contributed by atoms with van der Waals surface area (Å²) in [7, 11) is 1.76. The third-order valence-electron chi connectivity index (χ3n) is 6.06. The van der Waals surface area contributed by atoms with Gasteiger partial charge >= 0.3 is 0 Å². The topological polar surface area (TPSA) is 28.3 Å². The average molecular weight is 381 g/mol. The zero-order valence-electron chi connectivity index (χ0n) is 16.8. The number of nitrogens with one attached hydrogen (secondary N) is 1. The first-order chi connectivity index (χ1) is 13.7. The van der Waals surface area contributed by atoms with Crippen LogP contribution in [0.1, 0.15) is 36.5 Å². The van der Waals surface area contributed by atoms with Crippen LogP contribution in [-0.2, 0) is 19.3 Å². The number of rotatable bonds is 7. The zero-order valence-corrected chi connectivity index (χ0v) is 16.8. The summed E-state index contributed by atoms with van der Waals surface area (Å²) in [6.45, 7) is 4.32.